The van der Waals surface area contributed by atoms with Gasteiger partial charge in [-0.05, 0) is 12.1 Å². The fourth-order valence-corrected chi connectivity index (χ4v) is 1.69. The van der Waals surface area contributed by atoms with E-state index in [9.17, 15) is 0 Å². The SMILES string of the molecule is C=CCNc1cnnc(Nc2cccc(Cl)c2Cl)n1. The topological polar surface area (TPSA) is 62.7 Å². The first kappa shape index (κ1) is 13.6. The minimum Gasteiger partial charge on any atom is -0.365 e. The fourth-order valence-electron chi connectivity index (χ4n) is 1.34. The zero-order chi connectivity index (χ0) is 13.7. The van der Waals surface area contributed by atoms with Crippen molar-refractivity contribution >= 4 is 40.7 Å². The lowest BCUT2D eigenvalue weighted by Crippen LogP contribution is -2.05. The van der Waals surface area contributed by atoms with Gasteiger partial charge in [0, 0.05) is 6.54 Å². The largest absolute Gasteiger partial charge is 0.365 e. The van der Waals surface area contributed by atoms with Crippen molar-refractivity contribution < 1.29 is 0 Å². The molecule has 0 spiro atoms. The molecule has 2 rings (SSSR count). The van der Waals surface area contributed by atoms with E-state index in [2.05, 4.69) is 32.4 Å². The van der Waals surface area contributed by atoms with Gasteiger partial charge in [-0.25, -0.2) is 0 Å². The molecule has 2 N–H and O–H groups in total. The summed E-state index contributed by atoms with van der Waals surface area (Å²) in [6.45, 7) is 4.21. The van der Waals surface area contributed by atoms with E-state index in [1.165, 1.54) is 6.20 Å². The number of nitrogens with one attached hydrogen (secondary N) is 2. The normalized spacial score (nSPS) is 10.0. The lowest BCUT2D eigenvalue weighted by Gasteiger charge is -2.08. The van der Waals surface area contributed by atoms with Gasteiger partial charge in [0.25, 0.3) is 0 Å². The number of anilines is 3. The van der Waals surface area contributed by atoms with Crippen molar-refractivity contribution in [2.75, 3.05) is 17.2 Å². The summed E-state index contributed by atoms with van der Waals surface area (Å²) in [6, 6.07) is 5.27. The third-order valence-corrected chi connectivity index (χ3v) is 3.00. The lowest BCUT2D eigenvalue weighted by molar-refractivity contribution is 0.976. The number of hydrogen-bond donors (Lipinski definition) is 2. The Morgan fingerprint density at radius 1 is 1.32 bits per heavy atom. The summed E-state index contributed by atoms with van der Waals surface area (Å²) in [5.74, 6) is 0.925. The molecule has 0 aliphatic heterocycles. The molecule has 0 amide bonds. The maximum Gasteiger partial charge on any atom is 0.249 e. The Morgan fingerprint density at radius 3 is 2.95 bits per heavy atom. The number of benzene rings is 1. The quantitative estimate of drug-likeness (QED) is 0.827. The Kier molecular flexibility index (Phi) is 4.54. The maximum absolute atomic E-state index is 6.07. The molecular weight excluding hydrogens is 285 g/mol. The van der Waals surface area contributed by atoms with Crippen molar-refractivity contribution in [2.45, 2.75) is 0 Å². The third kappa shape index (κ3) is 3.56. The summed E-state index contributed by atoms with van der Waals surface area (Å²) in [7, 11) is 0. The Bertz CT molecular complexity index is 588. The molecule has 1 heterocycles. The van der Waals surface area contributed by atoms with E-state index in [0.29, 0.717) is 34.0 Å². The predicted octanol–water partition coefficient (Wildman–Crippen LogP) is 3.52. The molecule has 1 aromatic heterocycles. The van der Waals surface area contributed by atoms with Crippen molar-refractivity contribution in [3.05, 3.63) is 47.1 Å². The first-order valence-electron chi connectivity index (χ1n) is 5.46. The molecule has 0 atom stereocenters. The number of aromatic nitrogens is 3. The molecular formula is C12H11Cl2N5. The molecule has 7 heteroatoms. The second kappa shape index (κ2) is 6.36. The standard InChI is InChI=1S/C12H11Cl2N5/c1-2-6-15-10-7-16-19-12(18-10)17-9-5-3-4-8(13)11(9)14/h2-5,7H,1,6H2,(H2,15,17,18,19). The highest BCUT2D eigenvalue weighted by atomic mass is 35.5. The predicted molar refractivity (Wildman–Crippen MR) is 78.3 cm³/mol. The summed E-state index contributed by atoms with van der Waals surface area (Å²) < 4.78 is 0. The first-order valence-corrected chi connectivity index (χ1v) is 6.22. The Balaban J connectivity index is 2.18. The summed E-state index contributed by atoms with van der Waals surface area (Å²) in [5, 5.41) is 14.6. The van der Waals surface area contributed by atoms with E-state index in [0.717, 1.165) is 0 Å². The van der Waals surface area contributed by atoms with Gasteiger partial charge in [0.05, 0.1) is 21.9 Å². The maximum atomic E-state index is 6.07. The van der Waals surface area contributed by atoms with Crippen molar-refractivity contribution in [1.82, 2.24) is 15.2 Å². The van der Waals surface area contributed by atoms with Crippen LogP contribution >= 0.6 is 23.2 Å². The van der Waals surface area contributed by atoms with Crippen LogP contribution in [0.15, 0.2) is 37.1 Å². The van der Waals surface area contributed by atoms with E-state index < -0.39 is 0 Å². The van der Waals surface area contributed by atoms with E-state index in [-0.39, 0.29) is 0 Å². The summed E-state index contributed by atoms with van der Waals surface area (Å²) in [6.07, 6.45) is 3.25. The first-order chi connectivity index (χ1) is 9.20. The van der Waals surface area contributed by atoms with Crippen LogP contribution in [-0.2, 0) is 0 Å². The number of halogens is 2. The van der Waals surface area contributed by atoms with E-state index in [4.69, 9.17) is 23.2 Å². The van der Waals surface area contributed by atoms with E-state index in [1.807, 2.05) is 0 Å². The van der Waals surface area contributed by atoms with Gasteiger partial charge in [0.1, 0.15) is 0 Å². The van der Waals surface area contributed by atoms with Gasteiger partial charge in [-0.2, -0.15) is 10.1 Å². The summed E-state index contributed by atoms with van der Waals surface area (Å²) in [5.41, 5.74) is 0.622. The van der Waals surface area contributed by atoms with Crippen LogP contribution < -0.4 is 10.6 Å². The Morgan fingerprint density at radius 2 is 2.16 bits per heavy atom. The average Bonchev–Trinajstić information content (AvgIpc) is 2.42. The molecule has 0 fully saturated rings. The second-order valence-corrected chi connectivity index (χ2v) is 4.35. The van der Waals surface area contributed by atoms with Crippen LogP contribution in [0.4, 0.5) is 17.5 Å². The minimum atomic E-state index is 0.332. The molecule has 0 bridgehead atoms. The van der Waals surface area contributed by atoms with Crippen molar-refractivity contribution in [3.63, 3.8) is 0 Å². The molecule has 98 valence electrons. The zero-order valence-corrected chi connectivity index (χ0v) is 11.4. The van der Waals surface area contributed by atoms with Gasteiger partial charge in [0.15, 0.2) is 5.82 Å². The average molecular weight is 296 g/mol. The molecule has 1 aromatic carbocycles. The van der Waals surface area contributed by atoms with Gasteiger partial charge >= 0.3 is 0 Å². The molecule has 0 radical (unpaired) electrons. The van der Waals surface area contributed by atoms with Crippen LogP contribution in [0.1, 0.15) is 0 Å². The monoisotopic (exact) mass is 295 g/mol. The Labute approximate surface area is 120 Å². The van der Waals surface area contributed by atoms with Gasteiger partial charge in [-0.3, -0.25) is 0 Å². The second-order valence-electron chi connectivity index (χ2n) is 3.56. The molecule has 0 aliphatic carbocycles. The van der Waals surface area contributed by atoms with Crippen molar-refractivity contribution in [2.24, 2.45) is 0 Å². The third-order valence-electron chi connectivity index (χ3n) is 2.18. The highest BCUT2D eigenvalue weighted by Gasteiger charge is 2.06. The number of rotatable bonds is 5. The molecule has 0 saturated heterocycles. The smallest absolute Gasteiger partial charge is 0.249 e. The van der Waals surface area contributed by atoms with Crippen LogP contribution in [0.25, 0.3) is 0 Å². The minimum absolute atomic E-state index is 0.332. The molecule has 0 unspecified atom stereocenters. The van der Waals surface area contributed by atoms with Gasteiger partial charge in [-0.1, -0.05) is 35.3 Å². The van der Waals surface area contributed by atoms with Crippen LogP contribution in [-0.4, -0.2) is 21.7 Å². The van der Waals surface area contributed by atoms with E-state index >= 15 is 0 Å². The Hall–Kier alpha value is -1.85. The van der Waals surface area contributed by atoms with Crippen molar-refractivity contribution in [1.29, 1.82) is 0 Å². The van der Waals surface area contributed by atoms with Gasteiger partial charge < -0.3 is 10.6 Å². The summed E-state index contributed by atoms with van der Waals surface area (Å²) in [4.78, 5) is 4.23. The lowest BCUT2D eigenvalue weighted by atomic mass is 10.3. The van der Waals surface area contributed by atoms with E-state index in [1.54, 1.807) is 24.3 Å². The van der Waals surface area contributed by atoms with Gasteiger partial charge in [0.2, 0.25) is 5.95 Å². The van der Waals surface area contributed by atoms with Crippen LogP contribution in [0.3, 0.4) is 0 Å². The highest BCUT2D eigenvalue weighted by Crippen LogP contribution is 2.30. The number of nitrogens with zero attached hydrogens (tertiary/aromatic N) is 3. The number of hydrogen-bond acceptors (Lipinski definition) is 5. The fraction of sp³-hybridized carbons (Fsp3) is 0.0833. The van der Waals surface area contributed by atoms with Crippen LogP contribution in [0.2, 0.25) is 10.0 Å². The molecule has 0 aliphatic rings. The van der Waals surface area contributed by atoms with Crippen molar-refractivity contribution in [3.8, 4) is 0 Å². The van der Waals surface area contributed by atoms with Gasteiger partial charge in [-0.15, -0.1) is 11.7 Å². The highest BCUT2D eigenvalue weighted by molar-refractivity contribution is 6.43. The van der Waals surface area contributed by atoms with Crippen LogP contribution in [0.5, 0.6) is 0 Å². The molecule has 5 nitrogen and oxygen atoms in total. The molecule has 2 aromatic rings. The molecule has 0 saturated carbocycles. The zero-order valence-electron chi connectivity index (χ0n) is 9.90. The summed E-state index contributed by atoms with van der Waals surface area (Å²) >= 11 is 12.0. The van der Waals surface area contributed by atoms with Crippen LogP contribution in [0, 0.1) is 0 Å². The molecule has 19 heavy (non-hydrogen) atoms.